The lowest BCUT2D eigenvalue weighted by atomic mass is 10.1. The molecule has 0 aromatic carbocycles. The van der Waals surface area contributed by atoms with Gasteiger partial charge in [0.25, 0.3) is 11.8 Å². The van der Waals surface area contributed by atoms with E-state index in [9.17, 15) is 9.59 Å². The van der Waals surface area contributed by atoms with Gasteiger partial charge in [0.2, 0.25) is 0 Å². The summed E-state index contributed by atoms with van der Waals surface area (Å²) in [4.78, 5) is 31.7. The summed E-state index contributed by atoms with van der Waals surface area (Å²) in [5, 5.41) is 0. The number of nitrogens with one attached hydrogen (secondary N) is 2. The minimum absolute atomic E-state index is 0. The maximum atomic E-state index is 12.0. The van der Waals surface area contributed by atoms with Crippen LogP contribution in [0.1, 0.15) is 52.6 Å². The largest absolute Gasteiger partial charge is 0.288 e. The zero-order valence-electron chi connectivity index (χ0n) is 13.5. The first-order valence-corrected chi connectivity index (χ1v) is 7.66. The standard InChI is InChI=1S/C17H20N4O2.ClH/c1-2-3-4-5-13-6-7-15(19-12-13)17(23)21-20-16(22)14-8-10-18-11-9-14;/h6-12H,2-5H2,1H3,(H,20,22)(H,21,23);1H. The lowest BCUT2D eigenvalue weighted by molar-refractivity contribution is 0.0844. The first-order chi connectivity index (χ1) is 11.2. The van der Waals surface area contributed by atoms with E-state index in [2.05, 4.69) is 27.7 Å². The molecule has 0 saturated carbocycles. The number of nitrogens with zero attached hydrogens (tertiary/aromatic N) is 2. The summed E-state index contributed by atoms with van der Waals surface area (Å²) in [5.74, 6) is -0.857. The van der Waals surface area contributed by atoms with E-state index in [1.54, 1.807) is 24.4 Å². The number of aromatic nitrogens is 2. The molecule has 128 valence electrons. The summed E-state index contributed by atoms with van der Waals surface area (Å²) in [7, 11) is 0. The van der Waals surface area contributed by atoms with E-state index in [0.717, 1.165) is 18.4 Å². The Morgan fingerprint density at radius 2 is 1.71 bits per heavy atom. The quantitative estimate of drug-likeness (QED) is 0.621. The van der Waals surface area contributed by atoms with E-state index >= 15 is 0 Å². The number of halogens is 1. The molecular formula is C17H21ClN4O2. The van der Waals surface area contributed by atoms with E-state index in [4.69, 9.17) is 0 Å². The van der Waals surface area contributed by atoms with Gasteiger partial charge in [0.15, 0.2) is 0 Å². The summed E-state index contributed by atoms with van der Waals surface area (Å²) in [6.07, 6.45) is 9.15. The van der Waals surface area contributed by atoms with Crippen molar-refractivity contribution in [3.8, 4) is 0 Å². The van der Waals surface area contributed by atoms with Crippen molar-refractivity contribution in [2.24, 2.45) is 0 Å². The smallest absolute Gasteiger partial charge is 0.267 e. The molecule has 2 rings (SSSR count). The third-order valence-corrected chi connectivity index (χ3v) is 3.36. The second kappa shape index (κ2) is 10.3. The van der Waals surface area contributed by atoms with Gasteiger partial charge in [-0.25, -0.2) is 0 Å². The molecule has 2 aromatic heterocycles. The molecule has 0 aliphatic rings. The molecule has 0 saturated heterocycles. The number of hydrogen-bond acceptors (Lipinski definition) is 4. The molecule has 0 unspecified atom stereocenters. The SMILES string of the molecule is CCCCCc1ccc(C(=O)NNC(=O)c2ccncc2)nc1.Cl. The molecule has 0 aliphatic carbocycles. The zero-order valence-corrected chi connectivity index (χ0v) is 14.3. The molecule has 0 fully saturated rings. The summed E-state index contributed by atoms with van der Waals surface area (Å²) in [6.45, 7) is 2.16. The second-order valence-electron chi connectivity index (χ2n) is 5.15. The second-order valence-corrected chi connectivity index (χ2v) is 5.15. The number of carbonyl (C=O) groups excluding carboxylic acids is 2. The minimum atomic E-state index is -0.451. The fourth-order valence-corrected chi connectivity index (χ4v) is 2.04. The van der Waals surface area contributed by atoms with E-state index in [1.165, 1.54) is 25.2 Å². The highest BCUT2D eigenvalue weighted by molar-refractivity contribution is 5.98. The summed E-state index contributed by atoms with van der Waals surface area (Å²) >= 11 is 0. The Balaban J connectivity index is 0.00000288. The van der Waals surface area contributed by atoms with Crippen molar-refractivity contribution in [3.63, 3.8) is 0 Å². The number of amides is 2. The molecule has 2 amide bonds. The molecule has 0 atom stereocenters. The van der Waals surface area contributed by atoms with Crippen LogP contribution in [0.5, 0.6) is 0 Å². The maximum absolute atomic E-state index is 12.0. The molecule has 7 heteroatoms. The van der Waals surface area contributed by atoms with Crippen molar-refractivity contribution >= 4 is 24.2 Å². The highest BCUT2D eigenvalue weighted by atomic mass is 35.5. The van der Waals surface area contributed by atoms with Gasteiger partial charge in [0, 0.05) is 24.2 Å². The van der Waals surface area contributed by atoms with Gasteiger partial charge in [-0.1, -0.05) is 25.8 Å². The molecule has 0 spiro atoms. The summed E-state index contributed by atoms with van der Waals surface area (Å²) in [5.41, 5.74) is 6.48. The number of aryl methyl sites for hydroxylation is 1. The van der Waals surface area contributed by atoms with Crippen molar-refractivity contribution in [3.05, 3.63) is 59.7 Å². The van der Waals surface area contributed by atoms with Gasteiger partial charge in [-0.2, -0.15) is 0 Å². The lowest BCUT2D eigenvalue weighted by Gasteiger charge is -2.07. The Morgan fingerprint density at radius 1 is 1.00 bits per heavy atom. The topological polar surface area (TPSA) is 84.0 Å². The number of hydrogen-bond donors (Lipinski definition) is 2. The highest BCUT2D eigenvalue weighted by Gasteiger charge is 2.09. The van der Waals surface area contributed by atoms with Crippen molar-refractivity contribution < 1.29 is 9.59 Å². The number of carbonyl (C=O) groups is 2. The molecule has 0 bridgehead atoms. The van der Waals surface area contributed by atoms with Gasteiger partial charge >= 0.3 is 0 Å². The van der Waals surface area contributed by atoms with Crippen molar-refractivity contribution in [2.75, 3.05) is 0 Å². The summed E-state index contributed by atoms with van der Waals surface area (Å²) in [6, 6.07) is 6.67. The van der Waals surface area contributed by atoms with Gasteiger partial charge < -0.3 is 0 Å². The van der Waals surface area contributed by atoms with Gasteiger partial charge in [-0.3, -0.25) is 30.4 Å². The fraction of sp³-hybridized carbons (Fsp3) is 0.294. The van der Waals surface area contributed by atoms with Crippen LogP contribution in [0.2, 0.25) is 0 Å². The predicted octanol–water partition coefficient (Wildman–Crippen LogP) is 2.71. The zero-order chi connectivity index (χ0) is 16.5. The number of unbranched alkanes of at least 4 members (excludes halogenated alkanes) is 2. The van der Waals surface area contributed by atoms with Crippen LogP contribution in [0.15, 0.2) is 42.9 Å². The van der Waals surface area contributed by atoms with Crippen LogP contribution < -0.4 is 10.9 Å². The maximum Gasteiger partial charge on any atom is 0.288 e. The first kappa shape index (κ1) is 19.6. The van der Waals surface area contributed by atoms with Gasteiger partial charge in [0.1, 0.15) is 5.69 Å². The lowest BCUT2D eigenvalue weighted by Crippen LogP contribution is -2.41. The Morgan fingerprint density at radius 3 is 2.33 bits per heavy atom. The molecular weight excluding hydrogens is 328 g/mol. The molecule has 24 heavy (non-hydrogen) atoms. The Hall–Kier alpha value is -2.47. The Kier molecular flexibility index (Phi) is 8.43. The Bertz CT molecular complexity index is 647. The van der Waals surface area contributed by atoms with Crippen LogP contribution >= 0.6 is 12.4 Å². The van der Waals surface area contributed by atoms with Crippen LogP contribution in [0, 0.1) is 0 Å². The molecule has 2 heterocycles. The van der Waals surface area contributed by atoms with Crippen molar-refractivity contribution in [1.29, 1.82) is 0 Å². The van der Waals surface area contributed by atoms with Crippen LogP contribution in [-0.2, 0) is 6.42 Å². The molecule has 0 radical (unpaired) electrons. The van der Waals surface area contributed by atoms with Crippen molar-refractivity contribution in [2.45, 2.75) is 32.6 Å². The van der Waals surface area contributed by atoms with Crippen LogP contribution in [-0.4, -0.2) is 21.8 Å². The van der Waals surface area contributed by atoms with E-state index in [1.807, 2.05) is 6.07 Å². The van der Waals surface area contributed by atoms with Crippen LogP contribution in [0.25, 0.3) is 0 Å². The fourth-order valence-electron chi connectivity index (χ4n) is 2.04. The van der Waals surface area contributed by atoms with E-state index < -0.39 is 11.8 Å². The monoisotopic (exact) mass is 348 g/mol. The molecule has 6 nitrogen and oxygen atoms in total. The third-order valence-electron chi connectivity index (χ3n) is 3.36. The van der Waals surface area contributed by atoms with Crippen LogP contribution in [0.4, 0.5) is 0 Å². The molecule has 2 aromatic rings. The number of pyridine rings is 2. The van der Waals surface area contributed by atoms with E-state index in [0.29, 0.717) is 5.56 Å². The highest BCUT2D eigenvalue weighted by Crippen LogP contribution is 2.06. The minimum Gasteiger partial charge on any atom is -0.267 e. The van der Waals surface area contributed by atoms with Crippen LogP contribution in [0.3, 0.4) is 0 Å². The van der Waals surface area contributed by atoms with Gasteiger partial charge in [0.05, 0.1) is 0 Å². The summed E-state index contributed by atoms with van der Waals surface area (Å²) < 4.78 is 0. The average molecular weight is 349 g/mol. The van der Waals surface area contributed by atoms with Gasteiger partial charge in [-0.05, 0) is 36.6 Å². The first-order valence-electron chi connectivity index (χ1n) is 7.66. The van der Waals surface area contributed by atoms with E-state index in [-0.39, 0.29) is 18.1 Å². The van der Waals surface area contributed by atoms with Crippen molar-refractivity contribution in [1.82, 2.24) is 20.8 Å². The molecule has 0 aliphatic heterocycles. The average Bonchev–Trinajstić information content (AvgIpc) is 2.61. The number of hydrazine groups is 1. The number of rotatable bonds is 6. The Labute approximate surface area is 147 Å². The van der Waals surface area contributed by atoms with Gasteiger partial charge in [-0.15, -0.1) is 12.4 Å². The predicted molar refractivity (Wildman–Crippen MR) is 93.9 cm³/mol. The normalized spacial score (nSPS) is 9.71. The third kappa shape index (κ3) is 5.96. The molecule has 2 N–H and O–H groups in total.